The first-order valence-corrected chi connectivity index (χ1v) is 11.5. The summed E-state index contributed by atoms with van der Waals surface area (Å²) in [5.74, 6) is 4.59. The molecule has 4 aromatic rings. The molecule has 1 amide bonds. The summed E-state index contributed by atoms with van der Waals surface area (Å²) in [4.78, 5) is 17.5. The number of carbonyl (C=O) groups excluding carboxylic acids is 1. The Morgan fingerprint density at radius 2 is 1.95 bits per heavy atom. The minimum Gasteiger partial charge on any atom is -0.497 e. The highest BCUT2D eigenvalue weighted by Gasteiger charge is 2.34. The summed E-state index contributed by atoms with van der Waals surface area (Å²) in [5.41, 5.74) is 3.93. The van der Waals surface area contributed by atoms with Gasteiger partial charge in [-0.1, -0.05) is 12.0 Å². The van der Waals surface area contributed by atoms with Crippen molar-refractivity contribution in [2.75, 3.05) is 26.1 Å². The molecule has 0 radical (unpaired) electrons. The Morgan fingerprint density at radius 1 is 1.14 bits per heavy atom. The largest absolute Gasteiger partial charge is 0.497 e. The molecule has 10 heteroatoms. The second kappa shape index (κ2) is 9.99. The summed E-state index contributed by atoms with van der Waals surface area (Å²) in [6.45, 7) is 1.99. The van der Waals surface area contributed by atoms with E-state index in [2.05, 4.69) is 31.5 Å². The molecular weight excluding hydrogens is 472 g/mol. The van der Waals surface area contributed by atoms with Crippen molar-refractivity contribution in [1.82, 2.24) is 25.0 Å². The summed E-state index contributed by atoms with van der Waals surface area (Å²) in [6.07, 6.45) is 7.18. The molecule has 0 fully saturated rings. The number of nitrogens with one attached hydrogen (secondary N) is 1. The normalized spacial score (nSPS) is 14.3. The van der Waals surface area contributed by atoms with Gasteiger partial charge < -0.3 is 19.5 Å². The number of nitrogens with zero attached hydrogens (tertiary/aromatic N) is 5. The maximum absolute atomic E-state index is 12.8. The van der Waals surface area contributed by atoms with Crippen LogP contribution in [0.3, 0.4) is 0 Å². The molecule has 186 valence electrons. The SMILES string of the molecule is C#CCOc1cc([C@H]2CC(=O)Nc3c2c(C)nn3-c2nncc(-c3ccc(OC)cc3)n2)ccc1OC. The van der Waals surface area contributed by atoms with Crippen LogP contribution in [-0.4, -0.2) is 51.7 Å². The van der Waals surface area contributed by atoms with Gasteiger partial charge in [0.1, 0.15) is 18.2 Å². The number of hydrogen-bond donors (Lipinski definition) is 1. The van der Waals surface area contributed by atoms with Crippen LogP contribution in [0.25, 0.3) is 17.2 Å². The molecule has 1 aliphatic heterocycles. The van der Waals surface area contributed by atoms with Gasteiger partial charge in [0, 0.05) is 23.5 Å². The molecule has 1 aliphatic rings. The molecule has 1 atom stereocenters. The first-order chi connectivity index (χ1) is 18.0. The van der Waals surface area contributed by atoms with E-state index >= 15 is 0 Å². The van der Waals surface area contributed by atoms with Gasteiger partial charge in [0.15, 0.2) is 11.5 Å². The summed E-state index contributed by atoms with van der Waals surface area (Å²) < 4.78 is 17.8. The highest BCUT2D eigenvalue weighted by Crippen LogP contribution is 2.42. The average molecular weight is 497 g/mol. The predicted molar refractivity (Wildman–Crippen MR) is 136 cm³/mol. The molecule has 0 spiro atoms. The third kappa shape index (κ3) is 4.54. The van der Waals surface area contributed by atoms with Crippen LogP contribution >= 0.6 is 0 Å². The number of ether oxygens (including phenoxy) is 3. The van der Waals surface area contributed by atoms with Gasteiger partial charge in [0.25, 0.3) is 5.95 Å². The predicted octanol–water partition coefficient (Wildman–Crippen LogP) is 3.54. The topological polar surface area (TPSA) is 113 Å². The van der Waals surface area contributed by atoms with Crippen molar-refractivity contribution in [2.45, 2.75) is 19.3 Å². The molecule has 0 bridgehead atoms. The van der Waals surface area contributed by atoms with Crippen LogP contribution < -0.4 is 19.5 Å². The van der Waals surface area contributed by atoms with Gasteiger partial charge in [-0.25, -0.2) is 4.98 Å². The van der Waals surface area contributed by atoms with Gasteiger partial charge in [0.05, 0.1) is 31.8 Å². The second-order valence-electron chi connectivity index (χ2n) is 8.34. The molecule has 3 heterocycles. The number of carbonyl (C=O) groups is 1. The van der Waals surface area contributed by atoms with E-state index in [9.17, 15) is 4.79 Å². The Labute approximate surface area is 213 Å². The zero-order chi connectivity index (χ0) is 25.9. The van der Waals surface area contributed by atoms with Crippen molar-refractivity contribution in [3.63, 3.8) is 0 Å². The summed E-state index contributed by atoms with van der Waals surface area (Å²) in [6, 6.07) is 13.0. The van der Waals surface area contributed by atoms with Gasteiger partial charge >= 0.3 is 0 Å². The highest BCUT2D eigenvalue weighted by molar-refractivity contribution is 5.95. The van der Waals surface area contributed by atoms with E-state index in [0.717, 1.165) is 28.1 Å². The number of benzene rings is 2. The molecule has 10 nitrogen and oxygen atoms in total. The molecule has 0 aliphatic carbocycles. The number of hydrogen-bond acceptors (Lipinski definition) is 8. The van der Waals surface area contributed by atoms with Crippen LogP contribution in [0, 0.1) is 19.3 Å². The second-order valence-corrected chi connectivity index (χ2v) is 8.34. The van der Waals surface area contributed by atoms with Crippen molar-refractivity contribution in [2.24, 2.45) is 0 Å². The maximum atomic E-state index is 12.8. The Kier molecular flexibility index (Phi) is 6.43. The molecule has 2 aromatic heterocycles. The van der Waals surface area contributed by atoms with Gasteiger partial charge in [0.2, 0.25) is 5.91 Å². The Morgan fingerprint density at radius 3 is 2.68 bits per heavy atom. The molecule has 37 heavy (non-hydrogen) atoms. The fourth-order valence-electron chi connectivity index (χ4n) is 4.40. The van der Waals surface area contributed by atoms with Crippen molar-refractivity contribution >= 4 is 11.7 Å². The van der Waals surface area contributed by atoms with Crippen molar-refractivity contribution < 1.29 is 19.0 Å². The third-order valence-corrected chi connectivity index (χ3v) is 6.13. The Balaban J connectivity index is 1.56. The van der Waals surface area contributed by atoms with Crippen LogP contribution in [-0.2, 0) is 4.79 Å². The van der Waals surface area contributed by atoms with E-state index in [-0.39, 0.29) is 30.8 Å². The lowest BCUT2D eigenvalue weighted by atomic mass is 9.85. The molecule has 0 saturated heterocycles. The lowest BCUT2D eigenvalue weighted by molar-refractivity contribution is -0.116. The van der Waals surface area contributed by atoms with E-state index in [1.165, 1.54) is 4.68 Å². The molecule has 1 N–H and O–H groups in total. The van der Waals surface area contributed by atoms with Crippen molar-refractivity contribution in [3.8, 4) is 46.8 Å². The van der Waals surface area contributed by atoms with Crippen LogP contribution in [0.1, 0.15) is 29.2 Å². The summed E-state index contributed by atoms with van der Waals surface area (Å²) in [5, 5.41) is 15.9. The van der Waals surface area contributed by atoms with Crippen molar-refractivity contribution in [1.29, 1.82) is 0 Å². The zero-order valence-electron chi connectivity index (χ0n) is 20.6. The number of aryl methyl sites for hydroxylation is 1. The molecule has 5 rings (SSSR count). The Hall–Kier alpha value is -4.91. The van der Waals surface area contributed by atoms with E-state index < -0.39 is 0 Å². The Bertz CT molecular complexity index is 1510. The fourth-order valence-corrected chi connectivity index (χ4v) is 4.40. The van der Waals surface area contributed by atoms with Crippen LogP contribution in [0.5, 0.6) is 17.2 Å². The fraction of sp³-hybridized carbons (Fsp3) is 0.222. The number of terminal acetylenes is 1. The minimum atomic E-state index is -0.269. The lowest BCUT2D eigenvalue weighted by Crippen LogP contribution is -2.25. The lowest BCUT2D eigenvalue weighted by Gasteiger charge is -2.25. The maximum Gasteiger partial charge on any atom is 0.272 e. The molecular formula is C27H24N6O4. The highest BCUT2D eigenvalue weighted by atomic mass is 16.5. The number of aromatic nitrogens is 5. The molecule has 2 aromatic carbocycles. The number of rotatable bonds is 7. The van der Waals surface area contributed by atoms with Crippen LogP contribution in [0.2, 0.25) is 0 Å². The van der Waals surface area contributed by atoms with Gasteiger partial charge in [-0.2, -0.15) is 14.9 Å². The van der Waals surface area contributed by atoms with Crippen LogP contribution in [0.4, 0.5) is 5.82 Å². The number of amides is 1. The standard InChI is InChI=1S/C27H24N6O4/c1-5-12-37-23-13-18(8-11-22(23)36-4)20-14-24(34)30-26-25(20)16(2)32-33(26)27-29-21(15-28-31-27)17-6-9-19(35-3)10-7-17/h1,6-11,13,15,20H,12,14H2,2-4H3,(H,30,34)/t20-/m1/s1. The number of fused-ring (bicyclic) bond motifs is 1. The number of methoxy groups -OCH3 is 2. The molecule has 0 saturated carbocycles. The van der Waals surface area contributed by atoms with E-state index in [1.54, 1.807) is 26.5 Å². The smallest absolute Gasteiger partial charge is 0.272 e. The van der Waals surface area contributed by atoms with Crippen LogP contribution in [0.15, 0.2) is 48.7 Å². The number of anilines is 1. The van der Waals surface area contributed by atoms with E-state index in [4.69, 9.17) is 20.6 Å². The minimum absolute atomic E-state index is 0.0993. The quantitative estimate of drug-likeness (QED) is 0.387. The first kappa shape index (κ1) is 23.8. The van der Waals surface area contributed by atoms with Gasteiger partial charge in [-0.15, -0.1) is 11.5 Å². The van der Waals surface area contributed by atoms with Gasteiger partial charge in [-0.3, -0.25) is 4.79 Å². The van der Waals surface area contributed by atoms with E-state index in [1.807, 2.05) is 43.3 Å². The first-order valence-electron chi connectivity index (χ1n) is 11.5. The third-order valence-electron chi connectivity index (χ3n) is 6.13. The molecule has 0 unspecified atom stereocenters. The monoisotopic (exact) mass is 496 g/mol. The summed E-state index contributed by atoms with van der Waals surface area (Å²) >= 11 is 0. The van der Waals surface area contributed by atoms with Crippen molar-refractivity contribution in [3.05, 3.63) is 65.5 Å². The average Bonchev–Trinajstić information content (AvgIpc) is 3.27. The van der Waals surface area contributed by atoms with Gasteiger partial charge in [-0.05, 0) is 48.9 Å². The zero-order valence-corrected chi connectivity index (χ0v) is 20.6. The van der Waals surface area contributed by atoms with E-state index in [0.29, 0.717) is 23.0 Å². The summed E-state index contributed by atoms with van der Waals surface area (Å²) in [7, 11) is 3.17.